The third-order valence-corrected chi connectivity index (χ3v) is 3.33. The molecule has 2 rings (SSSR count). The highest BCUT2D eigenvalue weighted by Crippen LogP contribution is 2.13. The average Bonchev–Trinajstić information content (AvgIpc) is 2.45. The van der Waals surface area contributed by atoms with Crippen LogP contribution >= 0.6 is 24.2 Å². The Morgan fingerprint density at radius 1 is 1.10 bits per heavy atom. The lowest BCUT2D eigenvalue weighted by atomic mass is 10.1. The highest BCUT2D eigenvalue weighted by Gasteiger charge is 2.11. The first-order chi connectivity index (χ1) is 9.58. The molecule has 0 aliphatic carbocycles. The van der Waals surface area contributed by atoms with Gasteiger partial charge < -0.3 is 5.32 Å². The summed E-state index contributed by atoms with van der Waals surface area (Å²) in [5, 5.41) is 3.07. The summed E-state index contributed by atoms with van der Waals surface area (Å²) >= 11 is 10.0. The Bertz CT molecular complexity index is 658. The first-order valence-corrected chi connectivity index (χ1v) is 6.75. The van der Waals surface area contributed by atoms with Gasteiger partial charge >= 0.3 is 0 Å². The third-order valence-electron chi connectivity index (χ3n) is 2.70. The highest BCUT2D eigenvalue weighted by molar-refractivity contribution is 7.80. The zero-order valence-electron chi connectivity index (χ0n) is 10.5. The molecule has 0 radical (unpaired) electrons. The van der Waals surface area contributed by atoms with E-state index in [1.54, 1.807) is 48.5 Å². The van der Waals surface area contributed by atoms with Crippen LogP contribution in [0.4, 0.5) is 0 Å². The minimum Gasteiger partial charge on any atom is -0.345 e. The van der Waals surface area contributed by atoms with Crippen LogP contribution in [0.15, 0.2) is 53.4 Å². The number of thiol groups is 1. The van der Waals surface area contributed by atoms with Crippen molar-refractivity contribution in [3.8, 4) is 0 Å². The zero-order valence-corrected chi connectivity index (χ0v) is 12.1. The van der Waals surface area contributed by atoms with E-state index in [1.165, 1.54) is 0 Å². The zero-order chi connectivity index (χ0) is 14.5. The summed E-state index contributed by atoms with van der Waals surface area (Å²) < 4.78 is 0. The summed E-state index contributed by atoms with van der Waals surface area (Å²) in [6.07, 6.45) is 0. The number of carbonyl (C=O) groups excluding carboxylic acids is 2. The highest BCUT2D eigenvalue weighted by atomic mass is 35.5. The van der Waals surface area contributed by atoms with E-state index in [0.717, 1.165) is 0 Å². The van der Waals surface area contributed by atoms with E-state index < -0.39 is 0 Å². The monoisotopic (exact) mass is 305 g/mol. The van der Waals surface area contributed by atoms with Crippen molar-refractivity contribution in [1.82, 2.24) is 5.32 Å². The van der Waals surface area contributed by atoms with E-state index in [1.807, 2.05) is 0 Å². The maximum Gasteiger partial charge on any atom is 0.252 e. The van der Waals surface area contributed by atoms with Gasteiger partial charge in [0.05, 0.1) is 12.1 Å². The Kier molecular flexibility index (Phi) is 4.82. The summed E-state index contributed by atoms with van der Waals surface area (Å²) in [7, 11) is 0. The average molecular weight is 306 g/mol. The molecule has 0 atom stereocenters. The lowest BCUT2D eigenvalue weighted by Gasteiger charge is -2.06. The molecule has 0 heterocycles. The van der Waals surface area contributed by atoms with Crippen molar-refractivity contribution in [3.05, 3.63) is 64.7 Å². The number of hydrogen-bond acceptors (Lipinski definition) is 3. The maximum absolute atomic E-state index is 11.9. The van der Waals surface area contributed by atoms with E-state index in [9.17, 15) is 9.59 Å². The molecule has 5 heteroatoms. The van der Waals surface area contributed by atoms with Crippen LogP contribution in [0.5, 0.6) is 0 Å². The van der Waals surface area contributed by atoms with E-state index in [4.69, 9.17) is 11.6 Å². The quantitative estimate of drug-likeness (QED) is 0.673. The van der Waals surface area contributed by atoms with Crippen molar-refractivity contribution in [2.75, 3.05) is 6.54 Å². The van der Waals surface area contributed by atoms with Gasteiger partial charge in [0.25, 0.3) is 5.91 Å². The third kappa shape index (κ3) is 3.62. The number of ketones is 1. The molecule has 0 aromatic heterocycles. The fraction of sp³-hybridized carbons (Fsp3) is 0.0667. The van der Waals surface area contributed by atoms with Gasteiger partial charge in [-0.25, -0.2) is 0 Å². The SMILES string of the molecule is O=C(CNC(=O)c1ccccc1S)c1cccc(Cl)c1. The second-order valence-electron chi connectivity index (χ2n) is 4.13. The molecule has 0 saturated carbocycles. The fourth-order valence-electron chi connectivity index (χ4n) is 1.69. The number of rotatable bonds is 4. The van der Waals surface area contributed by atoms with Crippen LogP contribution in [0, 0.1) is 0 Å². The number of halogens is 1. The van der Waals surface area contributed by atoms with Gasteiger partial charge in [-0.1, -0.05) is 35.9 Å². The molecule has 1 amide bonds. The summed E-state index contributed by atoms with van der Waals surface area (Å²) in [5.74, 6) is -0.525. The molecule has 0 bridgehead atoms. The van der Waals surface area contributed by atoms with Crippen LogP contribution in [-0.2, 0) is 0 Å². The molecule has 20 heavy (non-hydrogen) atoms. The van der Waals surface area contributed by atoms with Crippen molar-refractivity contribution in [3.63, 3.8) is 0 Å². The second kappa shape index (κ2) is 6.59. The molecule has 1 N–H and O–H groups in total. The van der Waals surface area contributed by atoms with Crippen LogP contribution in [-0.4, -0.2) is 18.2 Å². The molecule has 0 saturated heterocycles. The maximum atomic E-state index is 11.9. The molecule has 0 aliphatic heterocycles. The summed E-state index contributed by atoms with van der Waals surface area (Å²) in [5.41, 5.74) is 0.909. The van der Waals surface area contributed by atoms with Gasteiger partial charge in [0, 0.05) is 15.5 Å². The van der Waals surface area contributed by atoms with Crippen LogP contribution in [0.3, 0.4) is 0 Å². The van der Waals surface area contributed by atoms with Crippen LogP contribution in [0.2, 0.25) is 5.02 Å². The largest absolute Gasteiger partial charge is 0.345 e. The Morgan fingerprint density at radius 2 is 1.85 bits per heavy atom. The molecule has 0 aliphatic rings. The normalized spacial score (nSPS) is 10.1. The number of amides is 1. The van der Waals surface area contributed by atoms with Crippen LogP contribution in [0.25, 0.3) is 0 Å². The minimum atomic E-state index is -0.328. The Morgan fingerprint density at radius 3 is 2.55 bits per heavy atom. The van der Waals surface area contributed by atoms with Gasteiger partial charge in [0.1, 0.15) is 0 Å². The topological polar surface area (TPSA) is 46.2 Å². The van der Waals surface area contributed by atoms with Gasteiger partial charge in [-0.15, -0.1) is 12.6 Å². The first-order valence-electron chi connectivity index (χ1n) is 5.93. The second-order valence-corrected chi connectivity index (χ2v) is 5.05. The molecule has 2 aromatic carbocycles. The Balaban J connectivity index is 2.01. The molecule has 0 spiro atoms. The number of nitrogens with one attached hydrogen (secondary N) is 1. The predicted molar refractivity (Wildman–Crippen MR) is 81.8 cm³/mol. The standard InChI is InChI=1S/C15H12ClNO2S/c16-11-5-3-4-10(8-11)13(18)9-17-15(19)12-6-1-2-7-14(12)20/h1-8,20H,9H2,(H,17,19). The molecular formula is C15H12ClNO2S. The number of benzene rings is 2. The predicted octanol–water partition coefficient (Wildman–Crippen LogP) is 3.24. The van der Waals surface area contributed by atoms with E-state index in [-0.39, 0.29) is 18.2 Å². The number of hydrogen-bond donors (Lipinski definition) is 2. The lowest BCUT2D eigenvalue weighted by molar-refractivity contribution is 0.0902. The number of Topliss-reactive ketones (excluding diaryl/α,β-unsaturated/α-hetero) is 1. The molecule has 2 aromatic rings. The lowest BCUT2D eigenvalue weighted by Crippen LogP contribution is -2.29. The number of carbonyl (C=O) groups is 2. The minimum absolute atomic E-state index is 0.0821. The van der Waals surface area contributed by atoms with Gasteiger partial charge in [-0.2, -0.15) is 0 Å². The fourth-order valence-corrected chi connectivity index (χ4v) is 2.14. The Hall–Kier alpha value is -1.78. The summed E-state index contributed by atoms with van der Waals surface area (Å²) in [6, 6.07) is 13.5. The first kappa shape index (κ1) is 14.6. The van der Waals surface area contributed by atoms with Crippen molar-refractivity contribution >= 4 is 35.9 Å². The molecular weight excluding hydrogens is 294 g/mol. The van der Waals surface area contributed by atoms with Crippen molar-refractivity contribution in [2.45, 2.75) is 4.90 Å². The molecule has 3 nitrogen and oxygen atoms in total. The summed E-state index contributed by atoms with van der Waals surface area (Å²) in [6.45, 7) is -0.0821. The van der Waals surface area contributed by atoms with Crippen LogP contribution < -0.4 is 5.32 Å². The van der Waals surface area contributed by atoms with E-state index >= 15 is 0 Å². The van der Waals surface area contributed by atoms with Crippen molar-refractivity contribution in [1.29, 1.82) is 0 Å². The van der Waals surface area contributed by atoms with Gasteiger partial charge in [-0.05, 0) is 24.3 Å². The Labute approximate surface area is 127 Å². The smallest absolute Gasteiger partial charge is 0.252 e. The van der Waals surface area contributed by atoms with Gasteiger partial charge in [0.2, 0.25) is 0 Å². The van der Waals surface area contributed by atoms with E-state index in [0.29, 0.717) is 21.0 Å². The van der Waals surface area contributed by atoms with Crippen molar-refractivity contribution in [2.24, 2.45) is 0 Å². The van der Waals surface area contributed by atoms with Gasteiger partial charge in [0.15, 0.2) is 5.78 Å². The summed E-state index contributed by atoms with van der Waals surface area (Å²) in [4.78, 5) is 24.4. The molecule has 0 fully saturated rings. The molecule has 102 valence electrons. The van der Waals surface area contributed by atoms with Gasteiger partial charge in [-0.3, -0.25) is 9.59 Å². The van der Waals surface area contributed by atoms with Crippen molar-refractivity contribution < 1.29 is 9.59 Å². The van der Waals surface area contributed by atoms with E-state index in [2.05, 4.69) is 17.9 Å². The van der Waals surface area contributed by atoms with Crippen LogP contribution in [0.1, 0.15) is 20.7 Å². The molecule has 0 unspecified atom stereocenters.